The smallest absolute Gasteiger partial charge is 0.305 e. The molecule has 0 fully saturated rings. The highest BCUT2D eigenvalue weighted by molar-refractivity contribution is 6.01. The Morgan fingerprint density at radius 3 is 2.50 bits per heavy atom. The molecule has 2 heterocycles. The number of fused-ring (bicyclic) bond motifs is 1. The molecule has 0 radical (unpaired) electrons. The molecule has 8 nitrogen and oxygen atoms in total. The Balaban J connectivity index is 1.46. The number of hydrogen-bond donors (Lipinski definition) is 1. The number of carbonyl (C=O) groups is 1. The first-order chi connectivity index (χ1) is 19.4. The summed E-state index contributed by atoms with van der Waals surface area (Å²) < 4.78 is 33.5. The zero-order chi connectivity index (χ0) is 28.1. The number of amidine groups is 1. The van der Waals surface area contributed by atoms with E-state index in [0.29, 0.717) is 59.7 Å². The second kappa shape index (κ2) is 12.1. The molecule has 1 aliphatic heterocycles. The summed E-state index contributed by atoms with van der Waals surface area (Å²) in [4.78, 5) is 35.7. The molecule has 0 bridgehead atoms. The Labute approximate surface area is 229 Å². The molecule has 10 heteroatoms. The van der Waals surface area contributed by atoms with Crippen LogP contribution in [0.15, 0.2) is 76.7 Å². The van der Waals surface area contributed by atoms with Crippen LogP contribution in [0.25, 0.3) is 16.6 Å². The number of halogens is 2. The van der Waals surface area contributed by atoms with Crippen molar-refractivity contribution in [2.24, 2.45) is 5.16 Å². The number of esters is 1. The van der Waals surface area contributed by atoms with Crippen LogP contribution in [0.1, 0.15) is 49.2 Å². The summed E-state index contributed by atoms with van der Waals surface area (Å²) in [7, 11) is 0. The number of carbonyl (C=O) groups excluding carboxylic acids is 1. The van der Waals surface area contributed by atoms with Gasteiger partial charge in [-0.1, -0.05) is 23.4 Å². The minimum absolute atomic E-state index is 0.238. The van der Waals surface area contributed by atoms with Gasteiger partial charge in [0, 0.05) is 18.4 Å². The van der Waals surface area contributed by atoms with Crippen molar-refractivity contribution in [3.05, 3.63) is 106 Å². The highest BCUT2D eigenvalue weighted by atomic mass is 19.1. The third kappa shape index (κ3) is 6.01. The largest absolute Gasteiger partial charge is 0.466 e. The van der Waals surface area contributed by atoms with Gasteiger partial charge in [0.15, 0.2) is 5.84 Å². The van der Waals surface area contributed by atoms with Gasteiger partial charge in [-0.2, -0.15) is 0 Å². The third-order valence-corrected chi connectivity index (χ3v) is 6.61. The molecular weight excluding hydrogens is 518 g/mol. The second-order valence-corrected chi connectivity index (χ2v) is 9.37. The van der Waals surface area contributed by atoms with Crippen molar-refractivity contribution in [2.45, 2.75) is 38.6 Å². The zero-order valence-corrected chi connectivity index (χ0v) is 21.9. The van der Waals surface area contributed by atoms with E-state index >= 15 is 0 Å². The molecule has 3 aromatic carbocycles. The maximum absolute atomic E-state index is 13.7. The highest BCUT2D eigenvalue weighted by Crippen LogP contribution is 2.21. The Bertz CT molecular complexity index is 1600. The molecule has 0 spiro atoms. The molecule has 40 heavy (non-hydrogen) atoms. The molecular formula is C30H28F2N4O4. The van der Waals surface area contributed by atoms with E-state index in [1.807, 2.05) is 0 Å². The summed E-state index contributed by atoms with van der Waals surface area (Å²) in [6.07, 6.45) is 1.85. The number of rotatable bonds is 9. The molecule has 1 aliphatic rings. The summed E-state index contributed by atoms with van der Waals surface area (Å²) in [5, 5.41) is 7.85. The Morgan fingerprint density at radius 2 is 1.77 bits per heavy atom. The number of oxime groups is 1. The molecule has 1 atom stereocenters. The van der Waals surface area contributed by atoms with E-state index in [-0.39, 0.29) is 36.4 Å². The quantitative estimate of drug-likeness (QED) is 0.236. The standard InChI is InChI=1S/C30H28F2N4O4/c1-2-39-28(37)6-4-3-5-27-33-25-17-20(29-34-26(18-40-35-29)19-7-10-21(31)11-8-19)9-16-24(25)30(38)36(27)23-14-12-22(32)13-15-23/h7-17,26H,2-6,18H2,1H3,(H,34,35)/t26-/m0/s1. The molecule has 0 saturated heterocycles. The van der Waals surface area contributed by atoms with Gasteiger partial charge in [-0.05, 0) is 73.9 Å². The lowest BCUT2D eigenvalue weighted by Gasteiger charge is -2.24. The van der Waals surface area contributed by atoms with Crippen LogP contribution in [-0.4, -0.2) is 34.6 Å². The second-order valence-electron chi connectivity index (χ2n) is 9.37. The molecule has 0 saturated carbocycles. The van der Waals surface area contributed by atoms with Crippen LogP contribution in [0.4, 0.5) is 8.78 Å². The Hall–Kier alpha value is -4.60. The SMILES string of the molecule is CCOC(=O)CCCCc1nc2cc(C3=NOC[C@@H](c4ccc(F)cc4)N3)ccc2c(=O)n1-c1ccc(F)cc1. The molecule has 1 aromatic heterocycles. The number of hydrogen-bond acceptors (Lipinski definition) is 7. The van der Waals surface area contributed by atoms with Gasteiger partial charge >= 0.3 is 5.97 Å². The fourth-order valence-corrected chi connectivity index (χ4v) is 4.61. The molecule has 4 aromatic rings. The topological polar surface area (TPSA) is 94.8 Å². The fraction of sp³-hybridized carbons (Fsp3) is 0.267. The first-order valence-corrected chi connectivity index (χ1v) is 13.1. The van der Waals surface area contributed by atoms with Crippen LogP contribution in [0.2, 0.25) is 0 Å². The van der Waals surface area contributed by atoms with Crippen LogP contribution in [0, 0.1) is 11.6 Å². The van der Waals surface area contributed by atoms with Crippen molar-refractivity contribution in [3.8, 4) is 5.69 Å². The van der Waals surface area contributed by atoms with E-state index in [0.717, 1.165) is 5.56 Å². The van der Waals surface area contributed by atoms with E-state index in [1.54, 1.807) is 37.3 Å². The normalized spacial score (nSPS) is 14.8. The molecule has 0 unspecified atom stereocenters. The minimum atomic E-state index is -0.409. The predicted molar refractivity (Wildman–Crippen MR) is 146 cm³/mol. The molecule has 206 valence electrons. The lowest BCUT2D eigenvalue weighted by atomic mass is 10.1. The van der Waals surface area contributed by atoms with Gasteiger partial charge in [0.25, 0.3) is 5.56 Å². The number of benzene rings is 3. The number of aryl methyl sites for hydroxylation is 1. The lowest BCUT2D eigenvalue weighted by Crippen LogP contribution is -2.36. The van der Waals surface area contributed by atoms with Crippen LogP contribution < -0.4 is 10.9 Å². The van der Waals surface area contributed by atoms with Gasteiger partial charge in [-0.15, -0.1) is 0 Å². The maximum Gasteiger partial charge on any atom is 0.305 e. The Morgan fingerprint density at radius 1 is 1.05 bits per heavy atom. The molecule has 0 amide bonds. The fourth-order valence-electron chi connectivity index (χ4n) is 4.61. The van der Waals surface area contributed by atoms with Gasteiger partial charge in [-0.25, -0.2) is 13.8 Å². The molecule has 1 N–H and O–H groups in total. The van der Waals surface area contributed by atoms with Gasteiger partial charge in [0.05, 0.1) is 29.2 Å². The van der Waals surface area contributed by atoms with E-state index in [1.165, 1.54) is 41.0 Å². The summed E-state index contributed by atoms with van der Waals surface area (Å²) >= 11 is 0. The van der Waals surface area contributed by atoms with Crippen molar-refractivity contribution < 1.29 is 23.1 Å². The number of nitrogens with one attached hydrogen (secondary N) is 1. The van der Waals surface area contributed by atoms with Crippen molar-refractivity contribution in [3.63, 3.8) is 0 Å². The van der Waals surface area contributed by atoms with Gasteiger partial charge in [0.2, 0.25) is 0 Å². The number of nitrogens with zero attached hydrogens (tertiary/aromatic N) is 3. The maximum atomic E-state index is 13.7. The monoisotopic (exact) mass is 546 g/mol. The third-order valence-electron chi connectivity index (χ3n) is 6.61. The average molecular weight is 547 g/mol. The lowest BCUT2D eigenvalue weighted by molar-refractivity contribution is -0.143. The molecule has 0 aliphatic carbocycles. The van der Waals surface area contributed by atoms with Crippen molar-refractivity contribution in [1.82, 2.24) is 14.9 Å². The minimum Gasteiger partial charge on any atom is -0.466 e. The van der Waals surface area contributed by atoms with Gasteiger partial charge in [-0.3, -0.25) is 14.2 Å². The van der Waals surface area contributed by atoms with Gasteiger partial charge < -0.3 is 14.9 Å². The average Bonchev–Trinajstić information content (AvgIpc) is 2.96. The number of aromatic nitrogens is 2. The van der Waals surface area contributed by atoms with Crippen LogP contribution >= 0.6 is 0 Å². The molecule has 5 rings (SSSR count). The summed E-state index contributed by atoms with van der Waals surface area (Å²) in [6, 6.07) is 16.8. The van der Waals surface area contributed by atoms with Crippen LogP contribution in [-0.2, 0) is 20.8 Å². The summed E-state index contributed by atoms with van der Waals surface area (Å²) in [5.41, 5.74) is 2.19. The van der Waals surface area contributed by atoms with Crippen LogP contribution in [0.5, 0.6) is 0 Å². The van der Waals surface area contributed by atoms with E-state index < -0.39 is 5.82 Å². The predicted octanol–water partition coefficient (Wildman–Crippen LogP) is 4.96. The van der Waals surface area contributed by atoms with Crippen molar-refractivity contribution >= 4 is 22.7 Å². The number of ether oxygens (including phenoxy) is 1. The Kier molecular flexibility index (Phi) is 8.14. The van der Waals surface area contributed by atoms with Crippen molar-refractivity contribution in [2.75, 3.05) is 13.2 Å². The zero-order valence-electron chi connectivity index (χ0n) is 21.9. The van der Waals surface area contributed by atoms with Gasteiger partial charge in [0.1, 0.15) is 24.1 Å². The first-order valence-electron chi connectivity index (χ1n) is 13.1. The highest BCUT2D eigenvalue weighted by Gasteiger charge is 2.21. The summed E-state index contributed by atoms with van der Waals surface area (Å²) in [5.74, 6) is -0.0467. The summed E-state index contributed by atoms with van der Waals surface area (Å²) in [6.45, 7) is 2.36. The first kappa shape index (κ1) is 27.0. The van der Waals surface area contributed by atoms with Crippen molar-refractivity contribution in [1.29, 1.82) is 0 Å². The number of unbranched alkanes of at least 4 members (excludes halogenated alkanes) is 1. The van der Waals surface area contributed by atoms with Crippen LogP contribution in [0.3, 0.4) is 0 Å². The van der Waals surface area contributed by atoms with E-state index in [2.05, 4.69) is 10.5 Å². The van der Waals surface area contributed by atoms with E-state index in [4.69, 9.17) is 14.6 Å². The van der Waals surface area contributed by atoms with E-state index in [9.17, 15) is 18.4 Å².